The second kappa shape index (κ2) is 7.85. The van der Waals surface area contributed by atoms with Crippen molar-refractivity contribution in [3.63, 3.8) is 0 Å². The largest absolute Gasteiger partial charge is 0.511 e. The van der Waals surface area contributed by atoms with Gasteiger partial charge in [0.25, 0.3) is 0 Å². The van der Waals surface area contributed by atoms with Crippen molar-refractivity contribution >= 4 is 39.8 Å². The first-order chi connectivity index (χ1) is 12.1. The van der Waals surface area contributed by atoms with Gasteiger partial charge in [0.05, 0.1) is 4.91 Å². The smallest absolute Gasteiger partial charge is 0.173 e. The number of nitrogens with zero attached hydrogens (tertiary/aromatic N) is 1. The molecule has 0 heterocycles. The number of hydrogen-bond donors (Lipinski definition) is 1. The maximum absolute atomic E-state index is 12.6. The van der Waals surface area contributed by atoms with E-state index in [2.05, 4.69) is 0 Å². The third-order valence-corrected chi connectivity index (χ3v) is 5.90. The van der Waals surface area contributed by atoms with Gasteiger partial charge in [0, 0.05) is 25.6 Å². The Morgan fingerprint density at radius 3 is 2.28 bits per heavy atom. The Morgan fingerprint density at radius 2 is 1.68 bits per heavy atom. The molecule has 0 aliphatic heterocycles. The molecule has 0 saturated heterocycles. The van der Waals surface area contributed by atoms with Crippen LogP contribution in [0.4, 0.5) is 5.69 Å². The summed E-state index contributed by atoms with van der Waals surface area (Å²) in [7, 11) is 1.86. The minimum absolute atomic E-state index is 0.0264. The molecule has 1 atom stereocenters. The summed E-state index contributed by atoms with van der Waals surface area (Å²) in [5.74, 6) is 0.115. The van der Waals surface area contributed by atoms with E-state index >= 15 is 0 Å². The van der Waals surface area contributed by atoms with Crippen LogP contribution in [0, 0.1) is 0 Å². The van der Waals surface area contributed by atoms with Crippen LogP contribution in [0.3, 0.4) is 0 Å². The second-order valence-corrected chi connectivity index (χ2v) is 7.62. The monoisotopic (exact) mass is 369 g/mol. The number of para-hydroxylation sites is 1. The summed E-state index contributed by atoms with van der Waals surface area (Å²) >= 11 is 6.63. The number of carbonyl (C=O) groups is 1. The van der Waals surface area contributed by atoms with Crippen molar-refractivity contribution in [3.8, 4) is 0 Å². The molecule has 2 aromatic carbocycles. The summed E-state index contributed by atoms with van der Waals surface area (Å²) in [5, 5.41) is 10.4. The van der Waals surface area contributed by atoms with Crippen LogP contribution in [0.15, 0.2) is 71.3 Å². The fraction of sp³-hybridized carbons (Fsp3) is 0.200. The summed E-state index contributed by atoms with van der Waals surface area (Å²) in [6.07, 6.45) is 0.865. The molecule has 1 N–H and O–H groups in total. The lowest BCUT2D eigenvalue weighted by atomic mass is 9.86. The van der Waals surface area contributed by atoms with Crippen LogP contribution in [0.5, 0.6) is 0 Å². The first kappa shape index (κ1) is 17.7. The highest BCUT2D eigenvalue weighted by molar-refractivity contribution is 8.26. The highest BCUT2D eigenvalue weighted by Gasteiger charge is 2.30. The molecule has 0 fully saturated rings. The van der Waals surface area contributed by atoms with Crippen LogP contribution in [-0.2, 0) is 4.79 Å². The lowest BCUT2D eigenvalue weighted by Crippen LogP contribution is -2.24. The fourth-order valence-corrected chi connectivity index (χ4v) is 4.04. The Morgan fingerprint density at radius 1 is 1.08 bits per heavy atom. The Labute approximate surface area is 157 Å². The van der Waals surface area contributed by atoms with Crippen LogP contribution < -0.4 is 4.90 Å². The number of aliphatic hydroxyl groups is 1. The molecule has 0 radical (unpaired) electrons. The predicted molar refractivity (Wildman–Crippen MR) is 108 cm³/mol. The fourth-order valence-electron chi connectivity index (χ4n) is 2.87. The van der Waals surface area contributed by atoms with Gasteiger partial charge < -0.3 is 10.0 Å². The third-order valence-electron chi connectivity index (χ3n) is 4.26. The van der Waals surface area contributed by atoms with Gasteiger partial charge >= 0.3 is 0 Å². The third kappa shape index (κ3) is 4.11. The van der Waals surface area contributed by atoms with Crippen LogP contribution in [-0.4, -0.2) is 22.3 Å². The molecule has 3 rings (SSSR count). The highest BCUT2D eigenvalue weighted by atomic mass is 32.2. The van der Waals surface area contributed by atoms with E-state index in [4.69, 9.17) is 12.2 Å². The lowest BCUT2D eigenvalue weighted by Gasteiger charge is -2.25. The Kier molecular flexibility index (Phi) is 5.56. The van der Waals surface area contributed by atoms with Gasteiger partial charge in [-0.1, -0.05) is 72.5 Å². The first-order valence-electron chi connectivity index (χ1n) is 8.07. The molecule has 1 aliphatic carbocycles. The van der Waals surface area contributed by atoms with Gasteiger partial charge in [0.15, 0.2) is 5.78 Å². The maximum atomic E-state index is 12.6. The molecular formula is C20H19NO2S2. The molecule has 25 heavy (non-hydrogen) atoms. The second-order valence-electron chi connectivity index (χ2n) is 5.98. The van der Waals surface area contributed by atoms with Gasteiger partial charge in [-0.2, -0.15) is 0 Å². The number of allylic oxidation sites excluding steroid dienone is 2. The number of thiocarbonyl (C=S) groups is 1. The van der Waals surface area contributed by atoms with E-state index in [-0.39, 0.29) is 17.5 Å². The number of carbonyl (C=O) groups excluding carboxylic acids is 1. The zero-order chi connectivity index (χ0) is 17.8. The normalized spacial score (nSPS) is 17.5. The average Bonchev–Trinajstić information content (AvgIpc) is 2.65. The van der Waals surface area contributed by atoms with Crippen molar-refractivity contribution in [1.82, 2.24) is 0 Å². The van der Waals surface area contributed by atoms with Gasteiger partial charge in [-0.15, -0.1) is 0 Å². The highest BCUT2D eigenvalue weighted by Crippen LogP contribution is 2.38. The van der Waals surface area contributed by atoms with Gasteiger partial charge in [-0.05, 0) is 23.6 Å². The topological polar surface area (TPSA) is 40.5 Å². The molecule has 0 saturated carbocycles. The quantitative estimate of drug-likeness (QED) is 0.766. The number of benzene rings is 2. The average molecular weight is 370 g/mol. The molecule has 1 aliphatic rings. The van der Waals surface area contributed by atoms with Gasteiger partial charge in [-0.25, -0.2) is 0 Å². The van der Waals surface area contributed by atoms with E-state index in [1.165, 1.54) is 11.8 Å². The zero-order valence-corrected chi connectivity index (χ0v) is 15.5. The number of thioether (sulfide) groups is 1. The molecule has 3 nitrogen and oxygen atoms in total. The van der Waals surface area contributed by atoms with E-state index < -0.39 is 0 Å². The predicted octanol–water partition coefficient (Wildman–Crippen LogP) is 5.06. The van der Waals surface area contributed by atoms with Crippen LogP contribution >= 0.6 is 24.0 Å². The van der Waals surface area contributed by atoms with Crippen LogP contribution in [0.25, 0.3) is 0 Å². The number of rotatable bonds is 3. The van der Waals surface area contributed by atoms with Gasteiger partial charge in [-0.3, -0.25) is 4.79 Å². The summed E-state index contributed by atoms with van der Waals surface area (Å²) < 4.78 is 0.541. The van der Waals surface area contributed by atoms with Gasteiger partial charge in [0.2, 0.25) is 0 Å². The van der Waals surface area contributed by atoms with Crippen molar-refractivity contribution in [2.24, 2.45) is 0 Å². The van der Waals surface area contributed by atoms with E-state index in [9.17, 15) is 9.90 Å². The number of ketones is 1. The standard InChI is InChI=1S/C20H19NO2S2/c1-21(16-10-6-3-7-11-16)20(24)25-19-17(22)12-15(13-18(19)23)14-8-4-2-5-9-14/h2-11,15,22H,12-13H2,1H3. The Hall–Kier alpha value is -2.11. The summed E-state index contributed by atoms with van der Waals surface area (Å²) in [5.41, 5.74) is 2.03. The zero-order valence-electron chi connectivity index (χ0n) is 13.9. The van der Waals surface area contributed by atoms with Crippen molar-refractivity contribution in [2.45, 2.75) is 18.8 Å². The van der Waals surface area contributed by atoms with E-state index in [1.54, 1.807) is 0 Å². The van der Waals surface area contributed by atoms with Crippen molar-refractivity contribution in [3.05, 3.63) is 76.9 Å². The van der Waals surface area contributed by atoms with E-state index in [0.717, 1.165) is 11.3 Å². The van der Waals surface area contributed by atoms with Crippen molar-refractivity contribution in [1.29, 1.82) is 0 Å². The first-order valence-corrected chi connectivity index (χ1v) is 9.29. The van der Waals surface area contributed by atoms with E-state index in [1.807, 2.05) is 72.6 Å². The summed E-state index contributed by atoms with van der Waals surface area (Å²) in [6.45, 7) is 0. The number of aliphatic hydroxyl groups excluding tert-OH is 1. The van der Waals surface area contributed by atoms with Crippen molar-refractivity contribution in [2.75, 3.05) is 11.9 Å². The number of Topliss-reactive ketones (excluding diaryl/α,β-unsaturated/α-hetero) is 1. The number of anilines is 1. The molecule has 0 aromatic heterocycles. The molecular weight excluding hydrogens is 350 g/mol. The van der Waals surface area contributed by atoms with Crippen LogP contribution in [0.2, 0.25) is 0 Å². The maximum Gasteiger partial charge on any atom is 0.173 e. The summed E-state index contributed by atoms with van der Waals surface area (Å²) in [4.78, 5) is 14.8. The minimum Gasteiger partial charge on any atom is -0.511 e. The Bertz CT molecular complexity index is 803. The van der Waals surface area contributed by atoms with Crippen molar-refractivity contribution < 1.29 is 9.90 Å². The molecule has 5 heteroatoms. The lowest BCUT2D eigenvalue weighted by molar-refractivity contribution is -0.115. The SMILES string of the molecule is CN(C(=S)SC1=C(O)CC(c2ccccc2)CC1=O)c1ccccc1. The molecule has 1 unspecified atom stereocenters. The van der Waals surface area contributed by atoms with E-state index in [0.29, 0.717) is 22.1 Å². The molecule has 0 bridgehead atoms. The van der Waals surface area contributed by atoms with Crippen LogP contribution in [0.1, 0.15) is 24.3 Å². The van der Waals surface area contributed by atoms with Gasteiger partial charge in [0.1, 0.15) is 10.1 Å². The number of hydrogen-bond acceptors (Lipinski definition) is 4. The molecule has 2 aromatic rings. The Balaban J connectivity index is 1.74. The molecule has 128 valence electrons. The minimum atomic E-state index is -0.0496. The molecule has 0 amide bonds. The summed E-state index contributed by atoms with van der Waals surface area (Å²) in [6, 6.07) is 19.6. The molecule has 0 spiro atoms.